The lowest BCUT2D eigenvalue weighted by Crippen LogP contribution is -2.43. The minimum atomic E-state index is -1.90. The van der Waals surface area contributed by atoms with Gasteiger partial charge < -0.3 is 4.43 Å². The number of benzene rings is 1. The smallest absolute Gasteiger partial charge is 0.194 e. The first-order valence-corrected chi connectivity index (χ1v) is 9.48. The maximum absolute atomic E-state index is 9.23. The summed E-state index contributed by atoms with van der Waals surface area (Å²) in [4.78, 5) is 0. The average Bonchev–Trinajstić information content (AvgIpc) is 2.34. The van der Waals surface area contributed by atoms with Crippen LogP contribution in [0, 0.1) is 11.3 Å². The number of nitriles is 1. The minimum Gasteiger partial charge on any atom is -0.398 e. The Labute approximate surface area is 117 Å². The highest BCUT2D eigenvalue weighted by atomic mass is 28.4. The summed E-state index contributed by atoms with van der Waals surface area (Å²) in [6.45, 7) is 10.8. The van der Waals surface area contributed by atoms with Gasteiger partial charge in [-0.1, -0.05) is 57.2 Å². The van der Waals surface area contributed by atoms with E-state index in [1.54, 1.807) is 0 Å². The van der Waals surface area contributed by atoms with E-state index >= 15 is 0 Å². The number of rotatable bonds is 4. The summed E-state index contributed by atoms with van der Waals surface area (Å²) < 4.78 is 6.06. The highest BCUT2D eigenvalue weighted by molar-refractivity contribution is 6.74. The summed E-state index contributed by atoms with van der Waals surface area (Å²) in [7, 11) is -1.90. The molecule has 102 valence electrons. The van der Waals surface area contributed by atoms with Gasteiger partial charge in [0.1, 0.15) is 0 Å². The van der Waals surface area contributed by atoms with Gasteiger partial charge in [-0.15, -0.1) is 0 Å². The Balaban J connectivity index is 2.76. The zero-order valence-electron chi connectivity index (χ0n) is 12.5. The van der Waals surface area contributed by atoms with Crippen molar-refractivity contribution in [2.24, 2.45) is 0 Å². The van der Waals surface area contributed by atoms with Crippen molar-refractivity contribution in [2.45, 2.75) is 45.0 Å². The van der Waals surface area contributed by atoms with Crippen molar-refractivity contribution in [3.63, 3.8) is 0 Å². The van der Waals surface area contributed by atoms with Crippen molar-refractivity contribution in [1.82, 2.24) is 0 Å². The largest absolute Gasteiger partial charge is 0.398 e. The third-order valence-electron chi connectivity index (χ3n) is 3.62. The first-order valence-electron chi connectivity index (χ1n) is 6.57. The second-order valence-electron chi connectivity index (χ2n) is 6.20. The predicted octanol–water partition coefficient (Wildman–Crippen LogP) is 4.61. The van der Waals surface area contributed by atoms with Crippen LogP contribution in [0.1, 0.15) is 26.3 Å². The van der Waals surface area contributed by atoms with Gasteiger partial charge in [0.15, 0.2) is 14.4 Å². The van der Waals surface area contributed by atoms with Crippen LogP contribution in [0.15, 0.2) is 36.4 Å². The molecular formula is C16H23NOSi. The Morgan fingerprint density at radius 3 is 2.26 bits per heavy atom. The lowest BCUT2D eigenvalue weighted by atomic mass is 10.2. The van der Waals surface area contributed by atoms with Crippen molar-refractivity contribution < 1.29 is 4.43 Å². The van der Waals surface area contributed by atoms with Crippen LogP contribution in [-0.2, 0) is 4.43 Å². The minimum absolute atomic E-state index is 0.114. The van der Waals surface area contributed by atoms with Crippen molar-refractivity contribution in [2.75, 3.05) is 0 Å². The molecular weight excluding hydrogens is 250 g/mol. The summed E-state index contributed by atoms with van der Waals surface area (Å²) in [6, 6.07) is 12.2. The molecule has 0 aliphatic heterocycles. The number of hydrogen-bond acceptors (Lipinski definition) is 2. The Morgan fingerprint density at radius 1 is 1.21 bits per heavy atom. The second-order valence-corrected chi connectivity index (χ2v) is 11.0. The fourth-order valence-corrected chi connectivity index (χ4v) is 2.49. The Bertz CT molecular complexity index is 466. The molecule has 1 atom stereocenters. The van der Waals surface area contributed by atoms with Crippen LogP contribution in [-0.4, -0.2) is 14.4 Å². The van der Waals surface area contributed by atoms with Gasteiger partial charge in [0.25, 0.3) is 0 Å². The molecule has 0 spiro atoms. The Morgan fingerprint density at radius 2 is 1.79 bits per heavy atom. The molecule has 0 bridgehead atoms. The van der Waals surface area contributed by atoms with Crippen molar-refractivity contribution in [1.29, 1.82) is 5.26 Å². The van der Waals surface area contributed by atoms with Crippen molar-refractivity contribution in [3.05, 3.63) is 42.0 Å². The van der Waals surface area contributed by atoms with Gasteiger partial charge in [0.2, 0.25) is 0 Å². The lowest BCUT2D eigenvalue weighted by molar-refractivity contribution is 0.274. The average molecular weight is 273 g/mol. The molecule has 0 N–H and O–H groups in total. The first kappa shape index (κ1) is 15.7. The summed E-state index contributed by atoms with van der Waals surface area (Å²) >= 11 is 0. The fourth-order valence-electron chi connectivity index (χ4n) is 1.37. The molecule has 0 heterocycles. The molecule has 0 amide bonds. The van der Waals surface area contributed by atoms with Gasteiger partial charge in [-0.25, -0.2) is 0 Å². The van der Waals surface area contributed by atoms with Crippen LogP contribution >= 0.6 is 0 Å². The van der Waals surface area contributed by atoms with Crippen LogP contribution in [0.5, 0.6) is 0 Å². The SMILES string of the molecule is CC(C)(C)[Si](C)(C)OC(C#N)/C=C/c1ccccc1. The van der Waals surface area contributed by atoms with Crippen LogP contribution in [0.25, 0.3) is 6.08 Å². The van der Waals surface area contributed by atoms with E-state index in [4.69, 9.17) is 4.43 Å². The number of nitrogens with zero attached hydrogens (tertiary/aromatic N) is 1. The molecule has 1 aromatic carbocycles. The van der Waals surface area contributed by atoms with Crippen molar-refractivity contribution in [3.8, 4) is 6.07 Å². The molecule has 1 rings (SSSR count). The topological polar surface area (TPSA) is 33.0 Å². The number of hydrogen-bond donors (Lipinski definition) is 0. The van der Waals surface area contributed by atoms with Crippen molar-refractivity contribution >= 4 is 14.4 Å². The van der Waals surface area contributed by atoms with Crippen LogP contribution < -0.4 is 0 Å². The van der Waals surface area contributed by atoms with Gasteiger partial charge in [0.05, 0.1) is 6.07 Å². The van der Waals surface area contributed by atoms with E-state index in [1.807, 2.05) is 42.5 Å². The Kier molecular flexibility index (Phi) is 5.10. The standard InChI is InChI=1S/C16H23NOSi/c1-16(2,3)19(4,5)18-15(13-17)12-11-14-9-7-6-8-10-14/h6-12,15H,1-5H3/b12-11+. The van der Waals surface area contributed by atoms with E-state index in [1.165, 1.54) is 0 Å². The molecule has 0 aromatic heterocycles. The summed E-state index contributed by atoms with van der Waals surface area (Å²) in [5.41, 5.74) is 1.08. The monoisotopic (exact) mass is 273 g/mol. The van der Waals surface area contributed by atoms with Gasteiger partial charge in [-0.2, -0.15) is 5.26 Å². The van der Waals surface area contributed by atoms with E-state index in [-0.39, 0.29) is 5.04 Å². The molecule has 0 aliphatic rings. The first-order chi connectivity index (χ1) is 8.76. The quantitative estimate of drug-likeness (QED) is 0.750. The van der Waals surface area contributed by atoms with Crippen LogP contribution in [0.3, 0.4) is 0 Å². The molecule has 0 fully saturated rings. The molecule has 0 aliphatic carbocycles. The second kappa shape index (κ2) is 6.18. The molecule has 0 saturated carbocycles. The van der Waals surface area contributed by atoms with Gasteiger partial charge in [-0.05, 0) is 29.8 Å². The molecule has 1 aromatic rings. The molecule has 3 heteroatoms. The van der Waals surface area contributed by atoms with Gasteiger partial charge >= 0.3 is 0 Å². The highest BCUT2D eigenvalue weighted by Gasteiger charge is 2.38. The Hall–Kier alpha value is -1.37. The molecule has 19 heavy (non-hydrogen) atoms. The molecule has 1 unspecified atom stereocenters. The normalized spacial score (nSPS) is 14.3. The maximum atomic E-state index is 9.23. The summed E-state index contributed by atoms with van der Waals surface area (Å²) in [6.07, 6.45) is 3.32. The third kappa shape index (κ3) is 4.66. The zero-order chi connectivity index (χ0) is 14.5. The summed E-state index contributed by atoms with van der Waals surface area (Å²) in [5.74, 6) is 0. The van der Waals surface area contributed by atoms with E-state index in [2.05, 4.69) is 39.9 Å². The molecule has 2 nitrogen and oxygen atoms in total. The van der Waals surface area contributed by atoms with Crippen LogP contribution in [0.2, 0.25) is 18.1 Å². The fraction of sp³-hybridized carbons (Fsp3) is 0.438. The van der Waals surface area contributed by atoms with Crippen LogP contribution in [0.4, 0.5) is 0 Å². The third-order valence-corrected chi connectivity index (χ3v) is 8.07. The zero-order valence-corrected chi connectivity index (χ0v) is 13.5. The molecule has 0 radical (unpaired) electrons. The summed E-state index contributed by atoms with van der Waals surface area (Å²) in [5, 5.41) is 9.34. The molecule has 0 saturated heterocycles. The van der Waals surface area contributed by atoms with E-state index in [0.717, 1.165) is 5.56 Å². The highest BCUT2D eigenvalue weighted by Crippen LogP contribution is 2.37. The predicted molar refractivity (Wildman–Crippen MR) is 83.2 cm³/mol. The van der Waals surface area contributed by atoms with E-state index in [9.17, 15) is 5.26 Å². The van der Waals surface area contributed by atoms with E-state index in [0.29, 0.717) is 0 Å². The van der Waals surface area contributed by atoms with Gasteiger partial charge in [-0.3, -0.25) is 0 Å². The lowest BCUT2D eigenvalue weighted by Gasteiger charge is -2.37. The van der Waals surface area contributed by atoms with Gasteiger partial charge in [0, 0.05) is 0 Å². The maximum Gasteiger partial charge on any atom is 0.194 e. The van der Waals surface area contributed by atoms with E-state index < -0.39 is 14.4 Å².